The molecule has 0 bridgehead atoms. The van der Waals surface area contributed by atoms with Crippen LogP contribution in [-0.4, -0.2) is 34.6 Å². The van der Waals surface area contributed by atoms with Crippen molar-refractivity contribution in [3.8, 4) is 0 Å². The van der Waals surface area contributed by atoms with E-state index >= 15 is 0 Å². The van der Waals surface area contributed by atoms with Crippen molar-refractivity contribution in [2.24, 2.45) is 0 Å². The fraction of sp³-hybridized carbons (Fsp3) is 0.625. The zero-order valence-electron chi connectivity index (χ0n) is 9.79. The summed E-state index contributed by atoms with van der Waals surface area (Å²) in [7, 11) is 1.49. The first kappa shape index (κ1) is 15.3. The van der Waals surface area contributed by atoms with Crippen LogP contribution in [0.4, 0.5) is 5.69 Å². The Labute approximate surface area is 113 Å². The fourth-order valence-electron chi connectivity index (χ4n) is 1.36. The molecule has 0 aliphatic rings. The van der Waals surface area contributed by atoms with Crippen molar-refractivity contribution < 1.29 is 13.3 Å². The average molecular weight is 314 g/mol. The molecule has 10 heteroatoms. The van der Waals surface area contributed by atoms with E-state index in [0.717, 1.165) is 11.8 Å². The van der Waals surface area contributed by atoms with Crippen molar-refractivity contribution in [1.29, 1.82) is 0 Å². The highest BCUT2D eigenvalue weighted by Gasteiger charge is 2.25. The molecule has 102 valence electrons. The summed E-state index contributed by atoms with van der Waals surface area (Å²) in [5, 5.41) is 15.3. The van der Waals surface area contributed by atoms with E-state index in [0.29, 0.717) is 17.3 Å². The van der Waals surface area contributed by atoms with E-state index in [2.05, 4.69) is 5.10 Å². The normalized spacial score (nSPS) is 11.7. The number of aromatic nitrogens is 2. The van der Waals surface area contributed by atoms with Gasteiger partial charge in [-0.05, 0) is 13.8 Å². The number of aryl methyl sites for hydroxylation is 2. The summed E-state index contributed by atoms with van der Waals surface area (Å²) >= 11 is 1.07. The Morgan fingerprint density at radius 1 is 1.56 bits per heavy atom. The molecular formula is C8H12ClN3O4S2. The monoisotopic (exact) mass is 313 g/mol. The maximum atomic E-state index is 10.9. The number of hydrogen-bond donors (Lipinski definition) is 0. The molecule has 0 aliphatic heterocycles. The lowest BCUT2D eigenvalue weighted by Crippen LogP contribution is -2.03. The fourth-order valence-corrected chi connectivity index (χ4v) is 3.92. The Kier molecular flexibility index (Phi) is 5.00. The van der Waals surface area contributed by atoms with Crippen LogP contribution < -0.4 is 0 Å². The molecule has 0 unspecified atom stereocenters. The summed E-state index contributed by atoms with van der Waals surface area (Å²) in [5.41, 5.74) is 0.243. The third-order valence-electron chi connectivity index (χ3n) is 2.10. The summed E-state index contributed by atoms with van der Waals surface area (Å²) in [6.07, 6.45) is 0. The number of hydrogen-bond acceptors (Lipinski definition) is 6. The molecule has 0 atom stereocenters. The molecular weight excluding hydrogens is 302 g/mol. The molecule has 1 aromatic heterocycles. The molecule has 0 spiro atoms. The lowest BCUT2D eigenvalue weighted by atomic mass is 10.4. The van der Waals surface area contributed by atoms with Gasteiger partial charge in [0.2, 0.25) is 9.05 Å². The largest absolute Gasteiger partial charge is 0.323 e. The Hall–Kier alpha value is -0.800. The summed E-state index contributed by atoms with van der Waals surface area (Å²) in [6.45, 7) is 3.83. The number of rotatable bonds is 6. The van der Waals surface area contributed by atoms with Crippen molar-refractivity contribution in [3.63, 3.8) is 0 Å². The van der Waals surface area contributed by atoms with Crippen molar-refractivity contribution >= 4 is 37.2 Å². The Morgan fingerprint density at radius 3 is 2.61 bits per heavy atom. The Balaban J connectivity index is 2.96. The average Bonchev–Trinajstić information content (AvgIpc) is 2.53. The van der Waals surface area contributed by atoms with Crippen molar-refractivity contribution in [2.45, 2.75) is 25.4 Å². The predicted molar refractivity (Wildman–Crippen MR) is 69.7 cm³/mol. The van der Waals surface area contributed by atoms with Crippen LogP contribution in [0.15, 0.2) is 5.03 Å². The van der Waals surface area contributed by atoms with Gasteiger partial charge in [-0.1, -0.05) is 11.8 Å². The lowest BCUT2D eigenvalue weighted by Gasteiger charge is -2.02. The van der Waals surface area contributed by atoms with Crippen LogP contribution in [0.2, 0.25) is 0 Å². The van der Waals surface area contributed by atoms with Gasteiger partial charge in [0.25, 0.3) is 0 Å². The minimum Gasteiger partial charge on any atom is -0.258 e. The topological polar surface area (TPSA) is 95.1 Å². The zero-order chi connectivity index (χ0) is 13.9. The van der Waals surface area contributed by atoms with Gasteiger partial charge in [0, 0.05) is 23.0 Å². The minimum atomic E-state index is -3.59. The van der Waals surface area contributed by atoms with E-state index in [1.165, 1.54) is 4.68 Å². The molecule has 1 rings (SSSR count). The summed E-state index contributed by atoms with van der Waals surface area (Å²) in [4.78, 5) is 10.4. The van der Waals surface area contributed by atoms with Crippen LogP contribution in [0.1, 0.15) is 12.6 Å². The molecule has 0 radical (unpaired) electrons. The van der Waals surface area contributed by atoms with Crippen LogP contribution >= 0.6 is 22.4 Å². The van der Waals surface area contributed by atoms with Crippen LogP contribution in [0.5, 0.6) is 0 Å². The molecule has 0 fully saturated rings. The summed E-state index contributed by atoms with van der Waals surface area (Å²) in [5.74, 6) is -0.0951. The van der Waals surface area contributed by atoms with Gasteiger partial charge in [0.05, 0.1) is 10.7 Å². The standard InChI is InChI=1S/C8H12ClN3O4S2/c1-3-11-8(17-4-5-18(9,15)16)7(12(13)14)6(2)10-11/h3-5H2,1-2H3. The lowest BCUT2D eigenvalue weighted by molar-refractivity contribution is -0.388. The first-order valence-corrected chi connectivity index (χ1v) is 8.49. The first-order chi connectivity index (χ1) is 8.26. The maximum absolute atomic E-state index is 10.9. The van der Waals surface area contributed by atoms with E-state index in [4.69, 9.17) is 10.7 Å². The highest BCUT2D eigenvalue weighted by Crippen LogP contribution is 2.32. The molecule has 0 aliphatic carbocycles. The van der Waals surface area contributed by atoms with Crippen LogP contribution in [-0.2, 0) is 15.6 Å². The SMILES string of the molecule is CCn1nc(C)c([N+](=O)[O-])c1SCCS(=O)(=O)Cl. The molecule has 0 saturated heterocycles. The number of nitrogens with zero attached hydrogens (tertiary/aromatic N) is 3. The van der Waals surface area contributed by atoms with Crippen LogP contribution in [0, 0.1) is 17.0 Å². The third-order valence-corrected chi connectivity index (χ3v) is 4.60. The van der Waals surface area contributed by atoms with Crippen molar-refractivity contribution in [3.05, 3.63) is 15.8 Å². The molecule has 18 heavy (non-hydrogen) atoms. The van der Waals surface area contributed by atoms with Gasteiger partial charge >= 0.3 is 5.69 Å². The van der Waals surface area contributed by atoms with Gasteiger partial charge in [0.1, 0.15) is 5.69 Å². The molecule has 0 amide bonds. The van der Waals surface area contributed by atoms with Gasteiger partial charge in [0.15, 0.2) is 5.03 Å². The molecule has 1 aromatic rings. The van der Waals surface area contributed by atoms with Gasteiger partial charge in [-0.15, -0.1) is 0 Å². The Morgan fingerprint density at radius 2 is 2.17 bits per heavy atom. The molecule has 1 heterocycles. The maximum Gasteiger partial charge on any atom is 0.323 e. The van der Waals surface area contributed by atoms with E-state index in [1.54, 1.807) is 13.8 Å². The predicted octanol–water partition coefficient (Wildman–Crippen LogP) is 1.78. The van der Waals surface area contributed by atoms with Gasteiger partial charge < -0.3 is 0 Å². The highest BCUT2D eigenvalue weighted by molar-refractivity contribution is 8.14. The van der Waals surface area contributed by atoms with E-state index < -0.39 is 14.0 Å². The van der Waals surface area contributed by atoms with E-state index in [-0.39, 0.29) is 17.2 Å². The summed E-state index contributed by atoms with van der Waals surface area (Å²) < 4.78 is 23.1. The van der Waals surface area contributed by atoms with E-state index in [1.807, 2.05) is 0 Å². The van der Waals surface area contributed by atoms with Crippen LogP contribution in [0.25, 0.3) is 0 Å². The molecule has 7 nitrogen and oxygen atoms in total. The number of nitro groups is 1. The second kappa shape index (κ2) is 5.89. The Bertz CT molecular complexity index is 555. The zero-order valence-corrected chi connectivity index (χ0v) is 12.2. The number of thioether (sulfide) groups is 1. The molecule has 0 saturated carbocycles. The summed E-state index contributed by atoms with van der Waals surface area (Å²) in [6, 6.07) is 0. The van der Waals surface area contributed by atoms with Gasteiger partial charge in [-0.3, -0.25) is 14.8 Å². The van der Waals surface area contributed by atoms with Crippen molar-refractivity contribution in [2.75, 3.05) is 11.5 Å². The van der Waals surface area contributed by atoms with Crippen LogP contribution in [0.3, 0.4) is 0 Å². The van der Waals surface area contributed by atoms with Gasteiger partial charge in [-0.25, -0.2) is 8.42 Å². The number of halogens is 1. The quantitative estimate of drug-likeness (QED) is 0.344. The molecule has 0 N–H and O–H groups in total. The second-order valence-corrected chi connectivity index (χ2v) is 7.38. The van der Waals surface area contributed by atoms with Gasteiger partial charge in [-0.2, -0.15) is 5.10 Å². The minimum absolute atomic E-state index is 0.0752. The third kappa shape index (κ3) is 3.85. The first-order valence-electron chi connectivity index (χ1n) is 5.03. The molecule has 0 aromatic carbocycles. The highest BCUT2D eigenvalue weighted by atomic mass is 35.7. The smallest absolute Gasteiger partial charge is 0.258 e. The second-order valence-electron chi connectivity index (χ2n) is 3.40. The van der Waals surface area contributed by atoms with E-state index in [9.17, 15) is 18.5 Å². The van der Waals surface area contributed by atoms with Crippen molar-refractivity contribution in [1.82, 2.24) is 9.78 Å².